The first-order valence-electron chi connectivity index (χ1n) is 3.22. The number of aliphatic hydroxyl groups is 1. The highest BCUT2D eigenvalue weighted by atomic mass is 35.5. The van der Waals surface area contributed by atoms with Gasteiger partial charge in [-0.05, 0) is 25.7 Å². The van der Waals surface area contributed by atoms with Crippen LogP contribution in [0.2, 0.25) is 0 Å². The zero-order valence-electron chi connectivity index (χ0n) is 5.42. The molecule has 1 rings (SSSR count). The highest BCUT2D eigenvalue weighted by Crippen LogP contribution is 2.15. The SMILES string of the molecule is Cl.N[C@H]1CCC[C@@H](O)C1. The Morgan fingerprint density at radius 2 is 2.00 bits per heavy atom. The molecule has 0 radical (unpaired) electrons. The highest BCUT2D eigenvalue weighted by molar-refractivity contribution is 5.85. The van der Waals surface area contributed by atoms with E-state index < -0.39 is 0 Å². The number of rotatable bonds is 0. The smallest absolute Gasteiger partial charge is 0.0555 e. The van der Waals surface area contributed by atoms with Crippen LogP contribution in [0.25, 0.3) is 0 Å². The first-order chi connectivity index (χ1) is 3.79. The Balaban J connectivity index is 0.000000640. The Morgan fingerprint density at radius 1 is 1.33 bits per heavy atom. The second-order valence-electron chi connectivity index (χ2n) is 2.58. The van der Waals surface area contributed by atoms with Crippen LogP contribution in [0, 0.1) is 0 Å². The molecule has 1 saturated carbocycles. The average molecular weight is 152 g/mol. The van der Waals surface area contributed by atoms with E-state index in [1.165, 1.54) is 0 Å². The molecular weight excluding hydrogens is 138 g/mol. The molecule has 0 saturated heterocycles. The predicted octanol–water partition coefficient (Wildman–Crippen LogP) is 0.670. The van der Waals surface area contributed by atoms with E-state index in [9.17, 15) is 0 Å². The summed E-state index contributed by atoms with van der Waals surface area (Å²) in [7, 11) is 0. The van der Waals surface area contributed by atoms with Crippen LogP contribution in [0.15, 0.2) is 0 Å². The van der Waals surface area contributed by atoms with Gasteiger partial charge in [0.05, 0.1) is 6.10 Å². The van der Waals surface area contributed by atoms with Gasteiger partial charge in [-0.1, -0.05) is 0 Å². The van der Waals surface area contributed by atoms with Crippen LogP contribution in [0.3, 0.4) is 0 Å². The molecule has 2 atom stereocenters. The van der Waals surface area contributed by atoms with Gasteiger partial charge in [-0.2, -0.15) is 0 Å². The molecule has 0 spiro atoms. The standard InChI is InChI=1S/C6H13NO.ClH/c7-5-2-1-3-6(8)4-5;/h5-6,8H,1-4,7H2;1H/t5-,6+;/m0./s1. The molecule has 3 heteroatoms. The molecule has 1 aliphatic carbocycles. The third-order valence-corrected chi connectivity index (χ3v) is 1.69. The van der Waals surface area contributed by atoms with Gasteiger partial charge < -0.3 is 10.8 Å². The molecule has 1 fully saturated rings. The topological polar surface area (TPSA) is 46.2 Å². The van der Waals surface area contributed by atoms with Crippen molar-refractivity contribution in [2.24, 2.45) is 5.73 Å². The molecule has 0 bridgehead atoms. The second-order valence-corrected chi connectivity index (χ2v) is 2.58. The number of halogens is 1. The molecule has 0 aromatic carbocycles. The third-order valence-electron chi connectivity index (χ3n) is 1.69. The normalized spacial score (nSPS) is 35.3. The van der Waals surface area contributed by atoms with Gasteiger partial charge in [0.15, 0.2) is 0 Å². The van der Waals surface area contributed by atoms with Crippen LogP contribution >= 0.6 is 12.4 Å². The lowest BCUT2D eigenvalue weighted by Crippen LogP contribution is -2.30. The first kappa shape index (κ1) is 9.21. The molecule has 56 valence electrons. The largest absolute Gasteiger partial charge is 0.393 e. The summed E-state index contributed by atoms with van der Waals surface area (Å²) in [6.07, 6.45) is 3.84. The van der Waals surface area contributed by atoms with Crippen molar-refractivity contribution < 1.29 is 5.11 Å². The maximum atomic E-state index is 9.00. The van der Waals surface area contributed by atoms with Crippen molar-refractivity contribution in [3.8, 4) is 0 Å². The van der Waals surface area contributed by atoms with Gasteiger partial charge in [0.1, 0.15) is 0 Å². The van der Waals surface area contributed by atoms with Crippen molar-refractivity contribution in [1.29, 1.82) is 0 Å². The summed E-state index contributed by atoms with van der Waals surface area (Å²) < 4.78 is 0. The van der Waals surface area contributed by atoms with E-state index in [0.717, 1.165) is 25.7 Å². The number of nitrogens with two attached hydrogens (primary N) is 1. The molecule has 9 heavy (non-hydrogen) atoms. The number of aliphatic hydroxyl groups excluding tert-OH is 1. The number of hydrogen-bond donors (Lipinski definition) is 2. The summed E-state index contributed by atoms with van der Waals surface area (Å²) in [5, 5.41) is 9.00. The molecular formula is C6H14ClNO. The Hall–Kier alpha value is 0.210. The fourth-order valence-electron chi connectivity index (χ4n) is 1.20. The average Bonchev–Trinajstić information content (AvgIpc) is 1.64. The zero-order valence-corrected chi connectivity index (χ0v) is 6.23. The van der Waals surface area contributed by atoms with E-state index in [-0.39, 0.29) is 24.6 Å². The first-order valence-corrected chi connectivity index (χ1v) is 3.22. The Kier molecular flexibility index (Phi) is 4.19. The Bertz CT molecular complexity index is 71.5. The van der Waals surface area contributed by atoms with Crippen LogP contribution in [-0.4, -0.2) is 17.3 Å². The number of hydrogen-bond acceptors (Lipinski definition) is 2. The predicted molar refractivity (Wildman–Crippen MR) is 39.7 cm³/mol. The van der Waals surface area contributed by atoms with Crippen molar-refractivity contribution in [2.75, 3.05) is 0 Å². The van der Waals surface area contributed by atoms with E-state index in [2.05, 4.69) is 0 Å². The van der Waals surface area contributed by atoms with E-state index in [0.29, 0.717) is 0 Å². The van der Waals surface area contributed by atoms with Crippen LogP contribution in [0.5, 0.6) is 0 Å². The molecule has 0 heterocycles. The van der Waals surface area contributed by atoms with Gasteiger partial charge in [-0.15, -0.1) is 12.4 Å². The molecule has 0 aromatic heterocycles. The van der Waals surface area contributed by atoms with Crippen molar-refractivity contribution in [2.45, 2.75) is 37.8 Å². The van der Waals surface area contributed by atoms with E-state index in [1.54, 1.807) is 0 Å². The molecule has 3 N–H and O–H groups in total. The van der Waals surface area contributed by atoms with E-state index >= 15 is 0 Å². The van der Waals surface area contributed by atoms with E-state index in [1.807, 2.05) is 0 Å². The molecule has 0 unspecified atom stereocenters. The highest BCUT2D eigenvalue weighted by Gasteiger charge is 2.15. The molecule has 0 aromatic rings. The molecule has 1 aliphatic rings. The van der Waals surface area contributed by atoms with Crippen molar-refractivity contribution >= 4 is 12.4 Å². The van der Waals surface area contributed by atoms with Gasteiger partial charge in [0.2, 0.25) is 0 Å². The van der Waals surface area contributed by atoms with Crippen molar-refractivity contribution in [1.82, 2.24) is 0 Å². The fourth-order valence-corrected chi connectivity index (χ4v) is 1.20. The third kappa shape index (κ3) is 3.04. The lowest BCUT2D eigenvalue weighted by Gasteiger charge is -2.21. The van der Waals surface area contributed by atoms with Crippen molar-refractivity contribution in [3.05, 3.63) is 0 Å². The van der Waals surface area contributed by atoms with Crippen LogP contribution in [0.4, 0.5) is 0 Å². The van der Waals surface area contributed by atoms with Crippen molar-refractivity contribution in [3.63, 3.8) is 0 Å². The quantitative estimate of drug-likeness (QED) is 0.535. The lowest BCUT2D eigenvalue weighted by atomic mass is 9.94. The summed E-state index contributed by atoms with van der Waals surface area (Å²) >= 11 is 0. The van der Waals surface area contributed by atoms with E-state index in [4.69, 9.17) is 10.8 Å². The van der Waals surface area contributed by atoms with Crippen LogP contribution in [0.1, 0.15) is 25.7 Å². The van der Waals surface area contributed by atoms with Gasteiger partial charge in [0.25, 0.3) is 0 Å². The Morgan fingerprint density at radius 3 is 2.33 bits per heavy atom. The summed E-state index contributed by atoms with van der Waals surface area (Å²) in [6.45, 7) is 0. The summed E-state index contributed by atoms with van der Waals surface area (Å²) in [5.41, 5.74) is 5.57. The minimum Gasteiger partial charge on any atom is -0.393 e. The maximum Gasteiger partial charge on any atom is 0.0555 e. The van der Waals surface area contributed by atoms with Crippen LogP contribution in [-0.2, 0) is 0 Å². The second kappa shape index (κ2) is 4.09. The molecule has 0 aliphatic heterocycles. The van der Waals surface area contributed by atoms with Gasteiger partial charge in [0, 0.05) is 6.04 Å². The van der Waals surface area contributed by atoms with Gasteiger partial charge in [-0.3, -0.25) is 0 Å². The summed E-state index contributed by atoms with van der Waals surface area (Å²) in [6, 6.07) is 0.263. The Labute approximate surface area is 61.8 Å². The minimum absolute atomic E-state index is 0. The fraction of sp³-hybridized carbons (Fsp3) is 1.00. The summed E-state index contributed by atoms with van der Waals surface area (Å²) in [5.74, 6) is 0. The maximum absolute atomic E-state index is 9.00. The molecule has 0 amide bonds. The van der Waals surface area contributed by atoms with Gasteiger partial charge in [-0.25, -0.2) is 0 Å². The zero-order chi connectivity index (χ0) is 5.98. The van der Waals surface area contributed by atoms with Gasteiger partial charge >= 0.3 is 0 Å². The van der Waals surface area contributed by atoms with Crippen LogP contribution < -0.4 is 5.73 Å². The summed E-state index contributed by atoms with van der Waals surface area (Å²) in [4.78, 5) is 0. The molecule has 2 nitrogen and oxygen atoms in total. The monoisotopic (exact) mass is 151 g/mol. The minimum atomic E-state index is -0.112. The lowest BCUT2D eigenvalue weighted by molar-refractivity contribution is 0.120.